The predicted octanol–water partition coefficient (Wildman–Crippen LogP) is 3.17. The van der Waals surface area contributed by atoms with Gasteiger partial charge in [-0.2, -0.15) is 0 Å². The first-order valence-corrected chi connectivity index (χ1v) is 11.2. The van der Waals surface area contributed by atoms with Crippen molar-refractivity contribution >= 4 is 23.1 Å². The SMILES string of the molecule is CN1CC=C(c2ccc(OCC3CN(C(=O)c4cc5c(cc4F)OCC(=O)N5)C3)c(F)c2)CC1. The van der Waals surface area contributed by atoms with Crippen molar-refractivity contribution in [2.45, 2.75) is 6.42 Å². The number of carbonyl (C=O) groups is 2. The van der Waals surface area contributed by atoms with Crippen LogP contribution in [0.1, 0.15) is 22.3 Å². The molecular formula is C25H25F2N3O4. The van der Waals surface area contributed by atoms with Gasteiger partial charge < -0.3 is 24.6 Å². The first kappa shape index (κ1) is 22.3. The molecule has 7 nitrogen and oxygen atoms in total. The molecule has 1 fully saturated rings. The second kappa shape index (κ2) is 9.06. The molecule has 1 saturated heterocycles. The van der Waals surface area contributed by atoms with Crippen LogP contribution in [0.15, 0.2) is 36.4 Å². The van der Waals surface area contributed by atoms with E-state index in [2.05, 4.69) is 23.3 Å². The standard InChI is InChI=1S/C25H25F2N3O4/c1-29-6-4-16(5-7-29)17-2-3-22(20(27)8-17)33-13-15-11-30(12-15)25(32)18-9-21-23(10-19(18)26)34-14-24(31)28-21/h2-4,8-10,15H,5-7,11-14H2,1H3,(H,28,31). The number of nitrogens with zero attached hydrogens (tertiary/aromatic N) is 2. The van der Waals surface area contributed by atoms with Crippen molar-refractivity contribution in [2.24, 2.45) is 5.92 Å². The summed E-state index contributed by atoms with van der Waals surface area (Å²) in [5.74, 6) is -1.56. The molecule has 0 unspecified atom stereocenters. The minimum absolute atomic E-state index is 0.0170. The molecule has 0 radical (unpaired) electrons. The minimum atomic E-state index is -0.707. The smallest absolute Gasteiger partial charge is 0.262 e. The van der Waals surface area contributed by atoms with Crippen molar-refractivity contribution in [3.63, 3.8) is 0 Å². The highest BCUT2D eigenvalue weighted by Crippen LogP contribution is 2.32. The Morgan fingerprint density at radius 2 is 2.03 bits per heavy atom. The van der Waals surface area contributed by atoms with E-state index in [-0.39, 0.29) is 47.8 Å². The number of hydrogen-bond acceptors (Lipinski definition) is 5. The lowest BCUT2D eigenvalue weighted by molar-refractivity contribution is -0.118. The molecule has 0 saturated carbocycles. The van der Waals surface area contributed by atoms with Crippen LogP contribution >= 0.6 is 0 Å². The Morgan fingerprint density at radius 3 is 2.76 bits per heavy atom. The van der Waals surface area contributed by atoms with E-state index >= 15 is 0 Å². The number of fused-ring (bicyclic) bond motifs is 1. The Morgan fingerprint density at radius 1 is 1.21 bits per heavy atom. The minimum Gasteiger partial charge on any atom is -0.490 e. The normalized spacial score (nSPS) is 18.4. The Hall–Kier alpha value is -3.46. The summed E-state index contributed by atoms with van der Waals surface area (Å²) < 4.78 is 39.8. The molecule has 0 atom stereocenters. The average Bonchev–Trinajstić information content (AvgIpc) is 2.79. The predicted molar refractivity (Wildman–Crippen MR) is 122 cm³/mol. The van der Waals surface area contributed by atoms with Crippen molar-refractivity contribution in [1.29, 1.82) is 0 Å². The van der Waals surface area contributed by atoms with Crippen molar-refractivity contribution in [1.82, 2.24) is 9.80 Å². The van der Waals surface area contributed by atoms with E-state index in [1.54, 1.807) is 6.07 Å². The summed E-state index contributed by atoms with van der Waals surface area (Å²) in [5.41, 5.74) is 2.15. The van der Waals surface area contributed by atoms with Gasteiger partial charge in [0.1, 0.15) is 11.6 Å². The number of likely N-dealkylation sites (tertiary alicyclic amines) is 1. The van der Waals surface area contributed by atoms with Gasteiger partial charge >= 0.3 is 0 Å². The van der Waals surface area contributed by atoms with Crippen LogP contribution in [-0.2, 0) is 4.79 Å². The molecule has 0 aliphatic carbocycles. The van der Waals surface area contributed by atoms with Gasteiger partial charge in [-0.25, -0.2) is 8.78 Å². The van der Waals surface area contributed by atoms with E-state index in [1.165, 1.54) is 17.0 Å². The zero-order valence-electron chi connectivity index (χ0n) is 18.8. The molecule has 3 aliphatic rings. The van der Waals surface area contributed by atoms with Gasteiger partial charge in [0.2, 0.25) is 0 Å². The van der Waals surface area contributed by atoms with Crippen molar-refractivity contribution < 1.29 is 27.8 Å². The fraction of sp³-hybridized carbons (Fsp3) is 0.360. The molecule has 9 heteroatoms. The fourth-order valence-electron chi connectivity index (χ4n) is 4.34. The number of hydrogen-bond donors (Lipinski definition) is 1. The third-order valence-electron chi connectivity index (χ3n) is 6.37. The van der Waals surface area contributed by atoms with Gasteiger partial charge in [-0.05, 0) is 42.8 Å². The molecule has 0 aromatic heterocycles. The molecule has 2 aromatic carbocycles. The van der Waals surface area contributed by atoms with Crippen LogP contribution in [0.25, 0.3) is 5.57 Å². The zero-order valence-corrected chi connectivity index (χ0v) is 18.8. The Kier molecular flexibility index (Phi) is 5.95. The molecule has 2 aromatic rings. The summed E-state index contributed by atoms with van der Waals surface area (Å²) in [5, 5.41) is 2.57. The van der Waals surface area contributed by atoms with Gasteiger partial charge in [0.05, 0.1) is 17.9 Å². The van der Waals surface area contributed by atoms with Crippen LogP contribution in [-0.4, -0.2) is 68.1 Å². The van der Waals surface area contributed by atoms with E-state index in [0.29, 0.717) is 13.1 Å². The summed E-state index contributed by atoms with van der Waals surface area (Å²) in [6.45, 7) is 2.61. The van der Waals surface area contributed by atoms with Crippen molar-refractivity contribution in [3.8, 4) is 11.5 Å². The Balaban J connectivity index is 1.16. The summed E-state index contributed by atoms with van der Waals surface area (Å²) in [7, 11) is 2.05. The number of benzene rings is 2. The Bertz CT molecular complexity index is 1180. The summed E-state index contributed by atoms with van der Waals surface area (Å²) >= 11 is 0. The van der Waals surface area contributed by atoms with Crippen LogP contribution in [0.3, 0.4) is 0 Å². The number of amides is 2. The van der Waals surface area contributed by atoms with Gasteiger partial charge in [-0.15, -0.1) is 0 Å². The zero-order chi connectivity index (χ0) is 23.8. The summed E-state index contributed by atoms with van der Waals surface area (Å²) in [6, 6.07) is 7.42. The number of nitrogens with one attached hydrogen (secondary N) is 1. The van der Waals surface area contributed by atoms with Crippen LogP contribution < -0.4 is 14.8 Å². The average molecular weight is 469 g/mol. The van der Waals surface area contributed by atoms with E-state index in [4.69, 9.17) is 9.47 Å². The highest BCUT2D eigenvalue weighted by molar-refractivity contribution is 6.00. The first-order valence-electron chi connectivity index (χ1n) is 11.2. The fourth-order valence-corrected chi connectivity index (χ4v) is 4.34. The largest absolute Gasteiger partial charge is 0.490 e. The quantitative estimate of drug-likeness (QED) is 0.729. The lowest BCUT2D eigenvalue weighted by Gasteiger charge is -2.39. The van der Waals surface area contributed by atoms with Gasteiger partial charge in [-0.3, -0.25) is 9.59 Å². The molecule has 34 heavy (non-hydrogen) atoms. The highest BCUT2D eigenvalue weighted by atomic mass is 19.1. The molecule has 0 spiro atoms. The van der Waals surface area contributed by atoms with Gasteiger partial charge in [0.15, 0.2) is 18.2 Å². The second-order valence-electron chi connectivity index (χ2n) is 8.94. The number of halogens is 2. The monoisotopic (exact) mass is 469 g/mol. The number of carbonyl (C=O) groups excluding carboxylic acids is 2. The van der Waals surface area contributed by atoms with Gasteiger partial charge in [-0.1, -0.05) is 12.1 Å². The third-order valence-corrected chi connectivity index (χ3v) is 6.37. The number of anilines is 1. The molecule has 5 rings (SSSR count). The van der Waals surface area contributed by atoms with E-state index in [9.17, 15) is 18.4 Å². The maximum Gasteiger partial charge on any atom is 0.262 e. The maximum atomic E-state index is 14.6. The lowest BCUT2D eigenvalue weighted by atomic mass is 9.98. The number of ether oxygens (including phenoxy) is 2. The van der Waals surface area contributed by atoms with Crippen LogP contribution in [0.5, 0.6) is 11.5 Å². The topological polar surface area (TPSA) is 71.1 Å². The molecule has 0 bridgehead atoms. The second-order valence-corrected chi connectivity index (χ2v) is 8.94. The first-order chi connectivity index (χ1) is 16.4. The van der Waals surface area contributed by atoms with Crippen molar-refractivity contribution in [2.75, 3.05) is 51.8 Å². The maximum absolute atomic E-state index is 14.6. The van der Waals surface area contributed by atoms with Gasteiger partial charge in [0, 0.05) is 38.2 Å². The molecule has 1 N–H and O–H groups in total. The van der Waals surface area contributed by atoms with Gasteiger partial charge in [0.25, 0.3) is 11.8 Å². The number of rotatable bonds is 5. The summed E-state index contributed by atoms with van der Waals surface area (Å²) in [4.78, 5) is 27.9. The highest BCUT2D eigenvalue weighted by Gasteiger charge is 2.34. The molecular weight excluding hydrogens is 444 g/mol. The Labute approximate surface area is 195 Å². The third kappa shape index (κ3) is 4.48. The summed E-state index contributed by atoms with van der Waals surface area (Å²) in [6.07, 6.45) is 3.00. The molecule has 2 amide bonds. The number of likely N-dealkylation sites (N-methyl/N-ethyl adjacent to an activating group) is 1. The van der Waals surface area contributed by atoms with E-state index < -0.39 is 17.5 Å². The molecule has 3 heterocycles. The van der Waals surface area contributed by atoms with E-state index in [0.717, 1.165) is 36.7 Å². The molecule has 3 aliphatic heterocycles. The van der Waals surface area contributed by atoms with Crippen molar-refractivity contribution in [3.05, 3.63) is 59.2 Å². The van der Waals surface area contributed by atoms with Crippen LogP contribution in [0, 0.1) is 17.6 Å². The lowest BCUT2D eigenvalue weighted by Crippen LogP contribution is -2.52. The van der Waals surface area contributed by atoms with Crippen LogP contribution in [0.4, 0.5) is 14.5 Å². The van der Waals surface area contributed by atoms with Crippen LogP contribution in [0.2, 0.25) is 0 Å². The molecule has 178 valence electrons. The van der Waals surface area contributed by atoms with E-state index in [1.807, 2.05) is 6.07 Å².